The molecule has 2 aromatic heterocycles. The highest BCUT2D eigenvalue weighted by Gasteiger charge is 2.21. The van der Waals surface area contributed by atoms with Crippen molar-refractivity contribution in [1.82, 2.24) is 9.97 Å². The Morgan fingerprint density at radius 1 is 1.40 bits per heavy atom. The molecular weight excluding hydrogens is 274 g/mol. The second-order valence-corrected chi connectivity index (χ2v) is 5.86. The van der Waals surface area contributed by atoms with E-state index in [-0.39, 0.29) is 6.10 Å². The van der Waals surface area contributed by atoms with Gasteiger partial charge in [-0.25, -0.2) is 4.98 Å². The van der Waals surface area contributed by atoms with Crippen molar-refractivity contribution in [3.05, 3.63) is 11.4 Å². The van der Waals surface area contributed by atoms with Crippen molar-refractivity contribution >= 4 is 33.3 Å². The summed E-state index contributed by atoms with van der Waals surface area (Å²) in [5.41, 5.74) is 6.47. The number of aliphatic hydroxyl groups excluding tert-OH is 1. The predicted octanol–water partition coefficient (Wildman–Crippen LogP) is 1.02. The third-order valence-corrected chi connectivity index (χ3v) is 4.38. The Morgan fingerprint density at radius 3 is 2.95 bits per heavy atom. The topological polar surface area (TPSA) is 87.3 Å². The maximum Gasteiger partial charge on any atom is 0.225 e. The summed E-state index contributed by atoms with van der Waals surface area (Å²) >= 11 is 1.66. The fraction of sp³-hybridized carbons (Fsp3) is 0.538. The first-order chi connectivity index (χ1) is 9.78. The molecular formula is C13H19N5OS. The lowest BCUT2D eigenvalue weighted by atomic mass is 10.1. The van der Waals surface area contributed by atoms with Crippen LogP contribution in [-0.2, 0) is 0 Å². The zero-order chi connectivity index (χ0) is 13.9. The van der Waals surface area contributed by atoms with Crippen molar-refractivity contribution < 1.29 is 5.11 Å². The summed E-state index contributed by atoms with van der Waals surface area (Å²) in [4.78, 5) is 11.4. The van der Waals surface area contributed by atoms with Crippen LogP contribution < -0.4 is 16.0 Å². The summed E-state index contributed by atoms with van der Waals surface area (Å²) in [5, 5.41) is 14.8. The van der Waals surface area contributed by atoms with Crippen molar-refractivity contribution in [2.75, 3.05) is 36.4 Å². The quantitative estimate of drug-likeness (QED) is 0.780. The van der Waals surface area contributed by atoms with Gasteiger partial charge in [0.25, 0.3) is 0 Å². The Hall–Kier alpha value is -1.44. The molecule has 1 aliphatic heterocycles. The number of piperidine rings is 1. The second kappa shape index (κ2) is 5.90. The molecule has 4 N–H and O–H groups in total. The van der Waals surface area contributed by atoms with E-state index in [9.17, 15) is 5.11 Å². The van der Waals surface area contributed by atoms with Gasteiger partial charge in [0.05, 0.1) is 16.3 Å². The molecule has 0 bridgehead atoms. The van der Waals surface area contributed by atoms with E-state index >= 15 is 0 Å². The number of thiophene rings is 1. The molecule has 1 aliphatic rings. The standard InChI is InChI=1S/C13H19N5OS/c14-4-5-15-13-16-10-3-8-20-11(10)12(17-13)18-6-1-9(19)2-7-18/h3,8-9,19H,1-2,4-7,14H2,(H,15,16,17). The smallest absolute Gasteiger partial charge is 0.225 e. The molecule has 0 radical (unpaired) electrons. The number of nitrogens with zero attached hydrogens (tertiary/aromatic N) is 3. The minimum absolute atomic E-state index is 0.179. The first-order valence-corrected chi connectivity index (χ1v) is 7.78. The Morgan fingerprint density at radius 2 is 2.20 bits per heavy atom. The molecule has 3 rings (SSSR count). The van der Waals surface area contributed by atoms with Crippen molar-refractivity contribution in [3.8, 4) is 0 Å². The zero-order valence-electron chi connectivity index (χ0n) is 11.2. The van der Waals surface area contributed by atoms with Crippen molar-refractivity contribution in [2.45, 2.75) is 18.9 Å². The Kier molecular flexibility index (Phi) is 4.00. The van der Waals surface area contributed by atoms with Gasteiger partial charge in [0, 0.05) is 26.2 Å². The van der Waals surface area contributed by atoms with Crippen LogP contribution in [0, 0.1) is 0 Å². The molecule has 0 amide bonds. The number of rotatable bonds is 4. The third-order valence-electron chi connectivity index (χ3n) is 3.48. The van der Waals surface area contributed by atoms with Gasteiger partial charge in [-0.15, -0.1) is 11.3 Å². The fourth-order valence-electron chi connectivity index (χ4n) is 2.40. The van der Waals surface area contributed by atoms with Crippen LogP contribution in [0.3, 0.4) is 0 Å². The van der Waals surface area contributed by atoms with Gasteiger partial charge in [0.2, 0.25) is 5.95 Å². The van der Waals surface area contributed by atoms with Gasteiger partial charge in [-0.05, 0) is 24.3 Å². The van der Waals surface area contributed by atoms with E-state index in [0.717, 1.165) is 42.0 Å². The number of hydrogen-bond donors (Lipinski definition) is 3. The summed E-state index contributed by atoms with van der Waals surface area (Å²) in [6.45, 7) is 2.88. The fourth-order valence-corrected chi connectivity index (χ4v) is 3.25. The molecule has 0 aromatic carbocycles. The highest BCUT2D eigenvalue weighted by atomic mass is 32.1. The van der Waals surface area contributed by atoms with Gasteiger partial charge in [0.1, 0.15) is 0 Å². The first kappa shape index (κ1) is 13.5. The molecule has 0 saturated carbocycles. The lowest BCUT2D eigenvalue weighted by Crippen LogP contribution is -2.36. The number of hydrogen-bond acceptors (Lipinski definition) is 7. The van der Waals surface area contributed by atoms with Crippen molar-refractivity contribution in [3.63, 3.8) is 0 Å². The molecule has 3 heterocycles. The van der Waals surface area contributed by atoms with Crippen LogP contribution in [-0.4, -0.2) is 47.4 Å². The molecule has 108 valence electrons. The molecule has 0 atom stereocenters. The van der Waals surface area contributed by atoms with Gasteiger partial charge >= 0.3 is 0 Å². The lowest BCUT2D eigenvalue weighted by molar-refractivity contribution is 0.145. The minimum atomic E-state index is -0.179. The second-order valence-electron chi connectivity index (χ2n) is 4.94. The third kappa shape index (κ3) is 2.70. The first-order valence-electron chi connectivity index (χ1n) is 6.90. The molecule has 7 heteroatoms. The number of aliphatic hydroxyl groups is 1. The van der Waals surface area contributed by atoms with E-state index in [1.54, 1.807) is 11.3 Å². The monoisotopic (exact) mass is 293 g/mol. The zero-order valence-corrected chi connectivity index (χ0v) is 12.1. The Labute approximate surface area is 121 Å². The maximum absolute atomic E-state index is 9.63. The van der Waals surface area contributed by atoms with Crippen LogP contribution >= 0.6 is 11.3 Å². The molecule has 0 unspecified atom stereocenters. The van der Waals surface area contributed by atoms with E-state index in [4.69, 9.17) is 5.73 Å². The van der Waals surface area contributed by atoms with Crippen LogP contribution in [0.1, 0.15) is 12.8 Å². The number of nitrogens with two attached hydrogens (primary N) is 1. The highest BCUT2D eigenvalue weighted by molar-refractivity contribution is 7.17. The number of fused-ring (bicyclic) bond motifs is 1. The summed E-state index contributed by atoms with van der Waals surface area (Å²) < 4.78 is 1.11. The van der Waals surface area contributed by atoms with Crippen LogP contribution in [0.5, 0.6) is 0 Å². The molecule has 0 aliphatic carbocycles. The SMILES string of the molecule is NCCNc1nc(N2CCC(O)CC2)c2sccc2n1. The van der Waals surface area contributed by atoms with Crippen molar-refractivity contribution in [2.24, 2.45) is 5.73 Å². The van der Waals surface area contributed by atoms with Gasteiger partial charge in [-0.2, -0.15) is 4.98 Å². The summed E-state index contributed by atoms with van der Waals surface area (Å²) in [5.74, 6) is 1.60. The largest absolute Gasteiger partial charge is 0.393 e. The Balaban J connectivity index is 1.93. The summed E-state index contributed by atoms with van der Waals surface area (Å²) in [6, 6.07) is 2.01. The van der Waals surface area contributed by atoms with E-state index in [1.165, 1.54) is 0 Å². The number of aromatic nitrogens is 2. The van der Waals surface area contributed by atoms with Crippen LogP contribution in [0.2, 0.25) is 0 Å². The maximum atomic E-state index is 9.63. The van der Waals surface area contributed by atoms with Crippen LogP contribution in [0.4, 0.5) is 11.8 Å². The van der Waals surface area contributed by atoms with Crippen molar-refractivity contribution in [1.29, 1.82) is 0 Å². The molecule has 2 aromatic rings. The van der Waals surface area contributed by atoms with Gasteiger partial charge in [-0.3, -0.25) is 0 Å². The molecule has 20 heavy (non-hydrogen) atoms. The molecule has 6 nitrogen and oxygen atoms in total. The molecule has 1 saturated heterocycles. The van der Waals surface area contributed by atoms with Gasteiger partial charge in [0.15, 0.2) is 5.82 Å². The minimum Gasteiger partial charge on any atom is -0.393 e. The number of nitrogens with one attached hydrogen (secondary N) is 1. The average molecular weight is 293 g/mol. The van der Waals surface area contributed by atoms with E-state index in [1.807, 2.05) is 11.4 Å². The predicted molar refractivity (Wildman–Crippen MR) is 82.4 cm³/mol. The lowest BCUT2D eigenvalue weighted by Gasteiger charge is -2.30. The van der Waals surface area contributed by atoms with E-state index < -0.39 is 0 Å². The van der Waals surface area contributed by atoms with Crippen LogP contribution in [0.15, 0.2) is 11.4 Å². The summed E-state index contributed by atoms with van der Waals surface area (Å²) in [6.07, 6.45) is 1.41. The molecule has 0 spiro atoms. The number of anilines is 2. The van der Waals surface area contributed by atoms with Crippen LogP contribution in [0.25, 0.3) is 10.2 Å². The molecule has 1 fully saturated rings. The van der Waals surface area contributed by atoms with E-state index in [0.29, 0.717) is 19.0 Å². The normalized spacial score (nSPS) is 16.8. The Bertz CT molecular complexity index is 579. The average Bonchev–Trinajstić information content (AvgIpc) is 2.93. The van der Waals surface area contributed by atoms with E-state index in [2.05, 4.69) is 20.2 Å². The van der Waals surface area contributed by atoms with Gasteiger partial charge in [-0.1, -0.05) is 0 Å². The summed E-state index contributed by atoms with van der Waals surface area (Å²) in [7, 11) is 0. The van der Waals surface area contributed by atoms with Gasteiger partial charge < -0.3 is 21.1 Å². The highest BCUT2D eigenvalue weighted by Crippen LogP contribution is 2.31.